The number of aryl methyl sites for hydroxylation is 1. The van der Waals surface area contributed by atoms with Crippen molar-refractivity contribution in [3.05, 3.63) is 89.5 Å². The topological polar surface area (TPSA) is 85.7 Å². The summed E-state index contributed by atoms with van der Waals surface area (Å²) in [6, 6.07) is 25.3. The highest BCUT2D eigenvalue weighted by molar-refractivity contribution is 5.96. The summed E-state index contributed by atoms with van der Waals surface area (Å²) in [6.45, 7) is 3.11. The van der Waals surface area contributed by atoms with E-state index in [0.717, 1.165) is 63.0 Å². The number of likely N-dealkylation sites (tertiary alicyclic amines) is 2. The highest BCUT2D eigenvalue weighted by Crippen LogP contribution is 2.32. The first-order valence-corrected chi connectivity index (χ1v) is 14.1. The van der Waals surface area contributed by atoms with Gasteiger partial charge in [0.15, 0.2) is 6.61 Å². The zero-order chi connectivity index (χ0) is 27.9. The third-order valence-corrected chi connectivity index (χ3v) is 7.97. The van der Waals surface area contributed by atoms with Crippen LogP contribution in [0.1, 0.15) is 40.7 Å². The van der Waals surface area contributed by atoms with E-state index in [1.165, 1.54) is 5.56 Å². The summed E-state index contributed by atoms with van der Waals surface area (Å²) in [5, 5.41) is 12.3. The maximum Gasteiger partial charge on any atom is 0.260 e. The SMILES string of the molecule is CN1CC(NC(=O)c2ccc(OCC(=O)N3CCC(CCc4ccccc4)CC3)c(-c3ccc(C#N)cc3)c2)C1. The molecule has 0 spiro atoms. The first-order valence-electron chi connectivity index (χ1n) is 14.1. The number of carbonyl (C=O) groups excluding carboxylic acids is 2. The first kappa shape index (κ1) is 27.4. The minimum atomic E-state index is -0.134. The predicted molar refractivity (Wildman–Crippen MR) is 155 cm³/mol. The molecule has 0 atom stereocenters. The van der Waals surface area contributed by atoms with Gasteiger partial charge in [-0.25, -0.2) is 0 Å². The van der Waals surface area contributed by atoms with Gasteiger partial charge in [0.1, 0.15) is 5.75 Å². The number of carbonyl (C=O) groups is 2. The van der Waals surface area contributed by atoms with E-state index in [1.807, 2.05) is 30.1 Å². The largest absolute Gasteiger partial charge is 0.483 e. The number of nitrogens with one attached hydrogen (secondary N) is 1. The summed E-state index contributed by atoms with van der Waals surface area (Å²) < 4.78 is 6.06. The van der Waals surface area contributed by atoms with Gasteiger partial charge >= 0.3 is 0 Å². The average molecular weight is 537 g/mol. The second-order valence-corrected chi connectivity index (χ2v) is 10.9. The Labute approximate surface area is 236 Å². The van der Waals surface area contributed by atoms with E-state index in [9.17, 15) is 14.9 Å². The van der Waals surface area contributed by atoms with Gasteiger partial charge in [0, 0.05) is 37.3 Å². The monoisotopic (exact) mass is 536 g/mol. The summed E-state index contributed by atoms with van der Waals surface area (Å²) in [4.78, 5) is 30.0. The lowest BCUT2D eigenvalue weighted by Gasteiger charge is -2.36. The number of hydrogen-bond acceptors (Lipinski definition) is 5. The Balaban J connectivity index is 1.20. The zero-order valence-electron chi connectivity index (χ0n) is 23.0. The fourth-order valence-corrected chi connectivity index (χ4v) is 5.52. The van der Waals surface area contributed by atoms with E-state index < -0.39 is 0 Å². The Morgan fingerprint density at radius 1 is 1.00 bits per heavy atom. The van der Waals surface area contributed by atoms with Crippen molar-refractivity contribution in [1.29, 1.82) is 5.26 Å². The van der Waals surface area contributed by atoms with Crippen molar-refractivity contribution in [2.24, 2.45) is 5.92 Å². The highest BCUT2D eigenvalue weighted by Gasteiger charge is 2.26. The van der Waals surface area contributed by atoms with E-state index in [2.05, 4.69) is 40.6 Å². The number of rotatable bonds is 9. The first-order chi connectivity index (χ1) is 19.5. The minimum absolute atomic E-state index is 0.0248. The summed E-state index contributed by atoms with van der Waals surface area (Å²) in [6.07, 6.45) is 4.24. The summed E-state index contributed by atoms with van der Waals surface area (Å²) in [5.41, 5.74) is 3.99. The van der Waals surface area contributed by atoms with Crippen molar-refractivity contribution in [3.63, 3.8) is 0 Å². The molecule has 0 unspecified atom stereocenters. The molecule has 1 N–H and O–H groups in total. The maximum atomic E-state index is 13.0. The van der Waals surface area contributed by atoms with Gasteiger partial charge in [-0.3, -0.25) is 9.59 Å². The summed E-state index contributed by atoms with van der Waals surface area (Å²) in [5.74, 6) is 1.01. The molecule has 2 heterocycles. The molecule has 0 radical (unpaired) electrons. The van der Waals surface area contributed by atoms with E-state index >= 15 is 0 Å². The van der Waals surface area contributed by atoms with Crippen molar-refractivity contribution < 1.29 is 14.3 Å². The summed E-state index contributed by atoms with van der Waals surface area (Å²) in [7, 11) is 2.02. The standard InChI is InChI=1S/C33H36N4O3/c1-36-21-29(22-36)35-33(39)28-13-14-31(30(19-28)27-11-9-26(20-34)10-12-27)40-23-32(38)37-17-15-25(16-18-37)8-7-24-5-3-2-4-6-24/h2-6,9-14,19,25,29H,7-8,15-18,21-23H2,1H3,(H,35,39). The van der Waals surface area contributed by atoms with E-state index in [1.54, 1.807) is 30.3 Å². The van der Waals surface area contributed by atoms with Gasteiger partial charge in [0.05, 0.1) is 17.7 Å². The molecule has 0 bridgehead atoms. The van der Waals surface area contributed by atoms with Gasteiger partial charge in [0.25, 0.3) is 11.8 Å². The van der Waals surface area contributed by atoms with Crippen molar-refractivity contribution >= 4 is 11.8 Å². The van der Waals surface area contributed by atoms with Gasteiger partial charge in [-0.05, 0) is 80.1 Å². The predicted octanol–water partition coefficient (Wildman–Crippen LogP) is 4.52. The van der Waals surface area contributed by atoms with E-state index in [0.29, 0.717) is 22.8 Å². The maximum absolute atomic E-state index is 13.0. The van der Waals surface area contributed by atoms with E-state index in [4.69, 9.17) is 4.74 Å². The van der Waals surface area contributed by atoms with Crippen LogP contribution in [0.3, 0.4) is 0 Å². The number of likely N-dealkylation sites (N-methyl/N-ethyl adjacent to an activating group) is 1. The van der Waals surface area contributed by atoms with Crippen molar-refractivity contribution in [3.8, 4) is 22.9 Å². The molecule has 0 aromatic heterocycles. The minimum Gasteiger partial charge on any atom is -0.483 e. The lowest BCUT2D eigenvalue weighted by Crippen LogP contribution is -2.57. The molecule has 0 aliphatic carbocycles. The van der Waals surface area contributed by atoms with Gasteiger partial charge in [-0.1, -0.05) is 42.5 Å². The fourth-order valence-electron chi connectivity index (χ4n) is 5.52. The van der Waals surface area contributed by atoms with Gasteiger partial charge in [-0.2, -0.15) is 5.26 Å². The normalized spacial score (nSPS) is 16.1. The van der Waals surface area contributed by atoms with Crippen LogP contribution in [-0.2, 0) is 11.2 Å². The number of piperidine rings is 1. The quantitative estimate of drug-likeness (QED) is 0.435. The molecule has 2 aliphatic rings. The number of hydrogen-bond donors (Lipinski definition) is 1. The second kappa shape index (κ2) is 12.8. The lowest BCUT2D eigenvalue weighted by molar-refractivity contribution is -0.134. The second-order valence-electron chi connectivity index (χ2n) is 10.9. The number of nitriles is 1. The smallest absolute Gasteiger partial charge is 0.260 e. The molecule has 2 fully saturated rings. The Morgan fingerprint density at radius 3 is 2.40 bits per heavy atom. The lowest BCUT2D eigenvalue weighted by atomic mass is 9.90. The molecule has 3 aromatic carbocycles. The molecule has 40 heavy (non-hydrogen) atoms. The molecule has 2 amide bonds. The molecule has 7 heteroatoms. The Morgan fingerprint density at radius 2 is 1.73 bits per heavy atom. The number of benzene rings is 3. The average Bonchev–Trinajstić information content (AvgIpc) is 2.98. The Kier molecular flexibility index (Phi) is 8.78. The molecule has 206 valence electrons. The van der Waals surface area contributed by atoms with Crippen LogP contribution in [0.15, 0.2) is 72.8 Å². The van der Waals surface area contributed by atoms with Gasteiger partial charge in [0.2, 0.25) is 0 Å². The summed E-state index contributed by atoms with van der Waals surface area (Å²) >= 11 is 0. The van der Waals surface area contributed by atoms with Crippen molar-refractivity contribution in [2.75, 3.05) is 39.8 Å². The Hall–Kier alpha value is -4.15. The van der Waals surface area contributed by atoms with Gasteiger partial charge in [-0.15, -0.1) is 0 Å². The van der Waals surface area contributed by atoms with Crippen LogP contribution < -0.4 is 10.1 Å². The zero-order valence-corrected chi connectivity index (χ0v) is 23.0. The third kappa shape index (κ3) is 6.88. The highest BCUT2D eigenvalue weighted by atomic mass is 16.5. The molecule has 2 aliphatic heterocycles. The van der Waals surface area contributed by atoms with Crippen LogP contribution in [0.4, 0.5) is 0 Å². The van der Waals surface area contributed by atoms with Gasteiger partial charge < -0.3 is 19.9 Å². The van der Waals surface area contributed by atoms with Crippen LogP contribution in [0.25, 0.3) is 11.1 Å². The van der Waals surface area contributed by atoms with Crippen LogP contribution in [-0.4, -0.2) is 67.5 Å². The molecule has 0 saturated carbocycles. The Bertz CT molecular complexity index is 1350. The fraction of sp³-hybridized carbons (Fsp3) is 0.364. The number of amides is 2. The van der Waals surface area contributed by atoms with Crippen LogP contribution in [0, 0.1) is 17.2 Å². The number of ether oxygens (including phenoxy) is 1. The van der Waals surface area contributed by atoms with Crippen LogP contribution >= 0.6 is 0 Å². The molecule has 7 nitrogen and oxygen atoms in total. The van der Waals surface area contributed by atoms with Crippen LogP contribution in [0.5, 0.6) is 5.75 Å². The van der Waals surface area contributed by atoms with Crippen molar-refractivity contribution in [1.82, 2.24) is 15.1 Å². The third-order valence-electron chi connectivity index (χ3n) is 7.97. The number of nitrogens with zero attached hydrogens (tertiary/aromatic N) is 3. The van der Waals surface area contributed by atoms with E-state index in [-0.39, 0.29) is 24.5 Å². The molecular formula is C33H36N4O3. The molecule has 2 saturated heterocycles. The molecular weight excluding hydrogens is 500 g/mol. The molecule has 5 rings (SSSR count). The molecule has 3 aromatic rings. The van der Waals surface area contributed by atoms with Crippen molar-refractivity contribution in [2.45, 2.75) is 31.7 Å². The van der Waals surface area contributed by atoms with Crippen LogP contribution in [0.2, 0.25) is 0 Å².